The van der Waals surface area contributed by atoms with E-state index in [4.69, 9.17) is 4.74 Å². The standard InChI is InChI=1S/C17H28F2N4O/c1-4-5-10-23(3)11-8-21-17(20-2)22-9-12-24-16-7-6-14(18)13-15(16)19/h6-7,13H,4-5,8-12H2,1-3H3,(H2,20,21,22). The smallest absolute Gasteiger partial charge is 0.191 e. The Balaban J connectivity index is 2.20. The Morgan fingerprint density at radius 2 is 1.96 bits per heavy atom. The molecular weight excluding hydrogens is 314 g/mol. The van der Waals surface area contributed by atoms with Gasteiger partial charge in [-0.3, -0.25) is 4.99 Å². The molecule has 24 heavy (non-hydrogen) atoms. The van der Waals surface area contributed by atoms with E-state index in [1.807, 2.05) is 0 Å². The zero-order valence-electron chi connectivity index (χ0n) is 14.7. The Morgan fingerprint density at radius 1 is 1.21 bits per heavy atom. The van der Waals surface area contributed by atoms with Crippen molar-refractivity contribution in [1.29, 1.82) is 0 Å². The SMILES string of the molecule is CCCCN(C)CCNC(=NC)NCCOc1ccc(F)cc1F. The lowest BCUT2D eigenvalue weighted by molar-refractivity contribution is 0.304. The van der Waals surface area contributed by atoms with Gasteiger partial charge in [-0.05, 0) is 32.1 Å². The summed E-state index contributed by atoms with van der Waals surface area (Å²) in [6.45, 7) is 5.69. The Labute approximate surface area is 143 Å². The van der Waals surface area contributed by atoms with Crippen molar-refractivity contribution >= 4 is 5.96 Å². The second kappa shape index (κ2) is 11.6. The molecule has 0 saturated heterocycles. The first-order valence-corrected chi connectivity index (χ1v) is 8.27. The number of rotatable bonds is 10. The lowest BCUT2D eigenvalue weighted by Gasteiger charge is -2.18. The van der Waals surface area contributed by atoms with Gasteiger partial charge in [0.05, 0.1) is 6.54 Å². The predicted octanol–water partition coefficient (Wildman–Crippen LogP) is 2.24. The number of nitrogens with one attached hydrogen (secondary N) is 2. The van der Waals surface area contributed by atoms with E-state index in [9.17, 15) is 8.78 Å². The number of unbranched alkanes of at least 4 members (excludes halogenated alkanes) is 1. The number of guanidine groups is 1. The average Bonchev–Trinajstić information content (AvgIpc) is 2.56. The van der Waals surface area contributed by atoms with E-state index in [0.29, 0.717) is 12.5 Å². The Kier molecular flexibility index (Phi) is 9.76. The van der Waals surface area contributed by atoms with Crippen LogP contribution in [0.5, 0.6) is 5.75 Å². The molecule has 5 nitrogen and oxygen atoms in total. The molecule has 136 valence electrons. The second-order valence-electron chi connectivity index (χ2n) is 5.51. The van der Waals surface area contributed by atoms with Gasteiger partial charge in [0.2, 0.25) is 0 Å². The van der Waals surface area contributed by atoms with Crippen molar-refractivity contribution in [1.82, 2.24) is 15.5 Å². The predicted molar refractivity (Wildman–Crippen MR) is 93.6 cm³/mol. The van der Waals surface area contributed by atoms with Gasteiger partial charge in [-0.1, -0.05) is 13.3 Å². The van der Waals surface area contributed by atoms with Gasteiger partial charge < -0.3 is 20.3 Å². The molecule has 0 bridgehead atoms. The van der Waals surface area contributed by atoms with Crippen molar-refractivity contribution in [3.05, 3.63) is 29.8 Å². The molecule has 1 rings (SSSR count). The lowest BCUT2D eigenvalue weighted by Crippen LogP contribution is -2.42. The van der Waals surface area contributed by atoms with Gasteiger partial charge in [-0.2, -0.15) is 0 Å². The van der Waals surface area contributed by atoms with Crippen molar-refractivity contribution in [3.8, 4) is 5.75 Å². The number of ether oxygens (including phenoxy) is 1. The minimum atomic E-state index is -0.701. The van der Waals surface area contributed by atoms with E-state index in [-0.39, 0.29) is 12.4 Å². The number of hydrogen-bond donors (Lipinski definition) is 2. The summed E-state index contributed by atoms with van der Waals surface area (Å²) in [6.07, 6.45) is 2.39. The van der Waals surface area contributed by atoms with E-state index in [1.165, 1.54) is 25.0 Å². The maximum absolute atomic E-state index is 13.4. The number of hydrogen-bond acceptors (Lipinski definition) is 3. The zero-order chi connectivity index (χ0) is 17.8. The average molecular weight is 342 g/mol. The van der Waals surface area contributed by atoms with Gasteiger partial charge >= 0.3 is 0 Å². The summed E-state index contributed by atoms with van der Waals surface area (Å²) in [6, 6.07) is 3.25. The van der Waals surface area contributed by atoms with E-state index in [0.717, 1.165) is 25.7 Å². The van der Waals surface area contributed by atoms with E-state index in [1.54, 1.807) is 7.05 Å². The summed E-state index contributed by atoms with van der Waals surface area (Å²) in [5, 5.41) is 6.30. The minimum absolute atomic E-state index is 0.0405. The molecule has 1 aromatic rings. The lowest BCUT2D eigenvalue weighted by atomic mass is 10.3. The summed E-state index contributed by atoms with van der Waals surface area (Å²) in [5.41, 5.74) is 0. The number of halogens is 2. The molecule has 0 aliphatic rings. The van der Waals surface area contributed by atoms with Crippen LogP contribution in [0.25, 0.3) is 0 Å². The second-order valence-corrected chi connectivity index (χ2v) is 5.51. The summed E-state index contributed by atoms with van der Waals surface area (Å²) in [7, 11) is 3.79. The highest BCUT2D eigenvalue weighted by molar-refractivity contribution is 5.79. The largest absolute Gasteiger partial charge is 0.489 e. The molecule has 0 aromatic heterocycles. The van der Waals surface area contributed by atoms with Gasteiger partial charge in [-0.15, -0.1) is 0 Å². The number of likely N-dealkylation sites (N-methyl/N-ethyl adjacent to an activating group) is 1. The molecule has 2 N–H and O–H groups in total. The van der Waals surface area contributed by atoms with Gasteiger partial charge in [0.25, 0.3) is 0 Å². The van der Waals surface area contributed by atoms with Crippen molar-refractivity contribution in [3.63, 3.8) is 0 Å². The Hall–Kier alpha value is -1.89. The third-order valence-corrected chi connectivity index (χ3v) is 3.45. The molecule has 0 amide bonds. The van der Waals surface area contributed by atoms with Gasteiger partial charge in [0.15, 0.2) is 17.5 Å². The van der Waals surface area contributed by atoms with Crippen LogP contribution in [0.4, 0.5) is 8.78 Å². The quantitative estimate of drug-likeness (QED) is 0.389. The third-order valence-electron chi connectivity index (χ3n) is 3.45. The molecule has 0 aliphatic carbocycles. The molecule has 1 aromatic carbocycles. The normalized spacial score (nSPS) is 11.7. The third kappa shape index (κ3) is 8.10. The van der Waals surface area contributed by atoms with Crippen molar-refractivity contribution in [2.24, 2.45) is 4.99 Å². The van der Waals surface area contributed by atoms with Gasteiger partial charge in [-0.25, -0.2) is 8.78 Å². The number of nitrogens with zero attached hydrogens (tertiary/aromatic N) is 2. The fraction of sp³-hybridized carbons (Fsp3) is 0.588. The summed E-state index contributed by atoms with van der Waals surface area (Å²) in [5.74, 6) is -0.611. The maximum Gasteiger partial charge on any atom is 0.191 e. The van der Waals surface area contributed by atoms with Crippen LogP contribution in [0, 0.1) is 11.6 Å². The Morgan fingerprint density at radius 3 is 2.62 bits per heavy atom. The summed E-state index contributed by atoms with van der Waals surface area (Å²) in [4.78, 5) is 6.39. The fourth-order valence-corrected chi connectivity index (χ4v) is 2.05. The summed E-state index contributed by atoms with van der Waals surface area (Å²) < 4.78 is 31.5. The molecule has 0 fully saturated rings. The van der Waals surface area contributed by atoms with Crippen molar-refractivity contribution in [2.45, 2.75) is 19.8 Å². The van der Waals surface area contributed by atoms with E-state index in [2.05, 4.69) is 34.5 Å². The molecular formula is C17H28F2N4O. The molecule has 0 saturated carbocycles. The van der Waals surface area contributed by atoms with Gasteiger partial charge in [0, 0.05) is 26.2 Å². The van der Waals surface area contributed by atoms with Crippen LogP contribution in [0.2, 0.25) is 0 Å². The van der Waals surface area contributed by atoms with E-state index >= 15 is 0 Å². The van der Waals surface area contributed by atoms with Crippen molar-refractivity contribution < 1.29 is 13.5 Å². The monoisotopic (exact) mass is 342 g/mol. The molecule has 7 heteroatoms. The highest BCUT2D eigenvalue weighted by atomic mass is 19.1. The zero-order valence-corrected chi connectivity index (χ0v) is 14.7. The first kappa shape index (κ1) is 20.2. The Bertz CT molecular complexity index is 511. The van der Waals surface area contributed by atoms with Gasteiger partial charge in [0.1, 0.15) is 12.4 Å². The highest BCUT2D eigenvalue weighted by Crippen LogP contribution is 2.17. The van der Waals surface area contributed by atoms with Crippen LogP contribution < -0.4 is 15.4 Å². The van der Waals surface area contributed by atoms with Crippen LogP contribution in [0.15, 0.2) is 23.2 Å². The van der Waals surface area contributed by atoms with Crippen LogP contribution in [-0.2, 0) is 0 Å². The molecule has 0 heterocycles. The number of aliphatic imine (C=N–C) groups is 1. The van der Waals surface area contributed by atoms with Crippen LogP contribution in [0.1, 0.15) is 19.8 Å². The maximum atomic E-state index is 13.4. The first-order chi connectivity index (χ1) is 11.6. The van der Waals surface area contributed by atoms with Crippen LogP contribution >= 0.6 is 0 Å². The molecule has 0 atom stereocenters. The summed E-state index contributed by atoms with van der Waals surface area (Å²) >= 11 is 0. The van der Waals surface area contributed by atoms with Crippen LogP contribution in [0.3, 0.4) is 0 Å². The van der Waals surface area contributed by atoms with E-state index < -0.39 is 11.6 Å². The van der Waals surface area contributed by atoms with Crippen LogP contribution in [-0.4, -0.2) is 57.7 Å². The molecule has 0 aliphatic heterocycles. The highest BCUT2D eigenvalue weighted by Gasteiger charge is 2.05. The fourth-order valence-electron chi connectivity index (χ4n) is 2.05. The minimum Gasteiger partial charge on any atom is -0.489 e. The molecule has 0 radical (unpaired) electrons. The molecule has 0 spiro atoms. The molecule has 0 unspecified atom stereocenters. The first-order valence-electron chi connectivity index (χ1n) is 8.27. The number of benzene rings is 1. The van der Waals surface area contributed by atoms with Crippen molar-refractivity contribution in [2.75, 3.05) is 46.9 Å². The topological polar surface area (TPSA) is 48.9 Å².